The number of rotatable bonds is 5. The fourth-order valence-electron chi connectivity index (χ4n) is 4.05. The number of aromatic nitrogens is 3. The Morgan fingerprint density at radius 3 is 2.48 bits per heavy atom. The van der Waals surface area contributed by atoms with Gasteiger partial charge in [0.2, 0.25) is 0 Å². The van der Waals surface area contributed by atoms with Crippen LogP contribution in [0.25, 0.3) is 11.1 Å². The summed E-state index contributed by atoms with van der Waals surface area (Å²) in [5.41, 5.74) is 3.57. The molecule has 1 aromatic carbocycles. The molecule has 1 aliphatic heterocycles. The van der Waals surface area contributed by atoms with Gasteiger partial charge in [-0.1, -0.05) is 0 Å². The van der Waals surface area contributed by atoms with Crippen LogP contribution in [0, 0.1) is 6.92 Å². The molecular formula is C24H26N4O3. The first-order valence-electron chi connectivity index (χ1n) is 10.4. The van der Waals surface area contributed by atoms with Gasteiger partial charge in [0.15, 0.2) is 0 Å². The van der Waals surface area contributed by atoms with E-state index in [-0.39, 0.29) is 11.8 Å². The van der Waals surface area contributed by atoms with Crippen LogP contribution in [0.2, 0.25) is 0 Å². The highest BCUT2D eigenvalue weighted by Gasteiger charge is 2.29. The van der Waals surface area contributed by atoms with Crippen molar-refractivity contribution in [2.45, 2.75) is 25.7 Å². The minimum absolute atomic E-state index is 0.0295. The number of piperidine rings is 1. The fourth-order valence-corrected chi connectivity index (χ4v) is 4.05. The fraction of sp³-hybridized carbons (Fsp3) is 0.333. The van der Waals surface area contributed by atoms with Crippen LogP contribution in [0.5, 0.6) is 11.5 Å². The lowest BCUT2D eigenvalue weighted by molar-refractivity contribution is 0.0705. The number of ether oxygens (including phenoxy) is 2. The van der Waals surface area contributed by atoms with Crippen LogP contribution in [0.15, 0.2) is 48.9 Å². The average molecular weight is 418 g/mol. The quantitative estimate of drug-likeness (QED) is 0.626. The van der Waals surface area contributed by atoms with Crippen molar-refractivity contribution in [3.8, 4) is 22.6 Å². The Labute approximate surface area is 182 Å². The summed E-state index contributed by atoms with van der Waals surface area (Å²) < 4.78 is 10.7. The number of hydrogen-bond acceptors (Lipinski definition) is 6. The number of methoxy groups -OCH3 is 2. The second kappa shape index (κ2) is 9.12. The monoisotopic (exact) mass is 418 g/mol. The molecule has 0 bridgehead atoms. The lowest BCUT2D eigenvalue weighted by Crippen LogP contribution is -2.39. The van der Waals surface area contributed by atoms with E-state index in [0.29, 0.717) is 30.2 Å². The highest BCUT2D eigenvalue weighted by molar-refractivity contribution is 5.95. The molecule has 3 heterocycles. The third-order valence-corrected chi connectivity index (χ3v) is 5.62. The smallest absolute Gasteiger partial charge is 0.254 e. The molecule has 0 N–H and O–H groups in total. The Kier molecular flexibility index (Phi) is 6.11. The minimum atomic E-state index is -0.0295. The number of likely N-dealkylation sites (tertiary alicyclic amines) is 1. The van der Waals surface area contributed by atoms with Gasteiger partial charge < -0.3 is 14.4 Å². The molecule has 0 spiro atoms. The largest absolute Gasteiger partial charge is 0.497 e. The van der Waals surface area contributed by atoms with Crippen LogP contribution in [0.3, 0.4) is 0 Å². The van der Waals surface area contributed by atoms with Gasteiger partial charge in [-0.05, 0) is 49.6 Å². The van der Waals surface area contributed by atoms with Crippen LogP contribution in [0.1, 0.15) is 40.6 Å². The second-order valence-electron chi connectivity index (χ2n) is 7.64. The highest BCUT2D eigenvalue weighted by atomic mass is 16.5. The number of amides is 1. The van der Waals surface area contributed by atoms with E-state index in [4.69, 9.17) is 14.5 Å². The molecule has 1 unspecified atom stereocenters. The number of aryl methyl sites for hydroxylation is 1. The summed E-state index contributed by atoms with van der Waals surface area (Å²) in [6.07, 6.45) is 7.30. The van der Waals surface area contributed by atoms with E-state index in [1.807, 2.05) is 30.2 Å². The Bertz CT molecular complexity index is 1050. The molecule has 7 nitrogen and oxygen atoms in total. The summed E-state index contributed by atoms with van der Waals surface area (Å²) in [5, 5.41) is 0. The number of pyridine rings is 1. The molecule has 160 valence electrons. The molecule has 1 amide bonds. The SMILES string of the molecule is COc1cc(OC)cc(C(=O)N2CCCC(c3nc(C)ncc3-c3ccncc3)C2)c1. The van der Waals surface area contributed by atoms with Gasteiger partial charge in [0.25, 0.3) is 5.91 Å². The summed E-state index contributed by atoms with van der Waals surface area (Å²) in [5.74, 6) is 2.03. The molecule has 3 aromatic rings. The maximum atomic E-state index is 13.3. The predicted molar refractivity (Wildman–Crippen MR) is 117 cm³/mol. The van der Waals surface area contributed by atoms with Crippen molar-refractivity contribution in [1.82, 2.24) is 19.9 Å². The first-order chi connectivity index (χ1) is 15.1. The zero-order valence-corrected chi connectivity index (χ0v) is 18.0. The maximum absolute atomic E-state index is 13.3. The van der Waals surface area contributed by atoms with E-state index < -0.39 is 0 Å². The van der Waals surface area contributed by atoms with Crippen LogP contribution < -0.4 is 9.47 Å². The number of nitrogens with zero attached hydrogens (tertiary/aromatic N) is 4. The molecule has 0 aliphatic carbocycles. The van der Waals surface area contributed by atoms with Crippen LogP contribution in [0.4, 0.5) is 0 Å². The van der Waals surface area contributed by atoms with Crippen molar-refractivity contribution in [2.24, 2.45) is 0 Å². The van der Waals surface area contributed by atoms with Gasteiger partial charge in [0.1, 0.15) is 17.3 Å². The number of hydrogen-bond donors (Lipinski definition) is 0. The number of benzene rings is 1. The summed E-state index contributed by atoms with van der Waals surface area (Å²) in [6.45, 7) is 3.21. The molecule has 1 aliphatic rings. The van der Waals surface area contributed by atoms with Crippen molar-refractivity contribution >= 4 is 5.91 Å². The second-order valence-corrected chi connectivity index (χ2v) is 7.64. The van der Waals surface area contributed by atoms with E-state index in [0.717, 1.165) is 35.5 Å². The van der Waals surface area contributed by atoms with Gasteiger partial charge in [-0.2, -0.15) is 0 Å². The van der Waals surface area contributed by atoms with Crippen LogP contribution in [-0.4, -0.2) is 53.1 Å². The Hall–Kier alpha value is -3.48. The standard InChI is InChI=1S/C24H26N4O3/c1-16-26-14-22(17-6-8-25-9-7-17)23(27-16)18-5-4-10-28(15-18)24(29)19-11-20(30-2)13-21(12-19)31-3/h6-9,11-14,18H,4-5,10,15H2,1-3H3. The zero-order valence-electron chi connectivity index (χ0n) is 18.0. The molecule has 7 heteroatoms. The lowest BCUT2D eigenvalue weighted by atomic mass is 9.89. The average Bonchev–Trinajstić information content (AvgIpc) is 2.83. The zero-order chi connectivity index (χ0) is 21.8. The highest BCUT2D eigenvalue weighted by Crippen LogP contribution is 2.34. The molecule has 1 atom stereocenters. The van der Waals surface area contributed by atoms with Gasteiger partial charge in [-0.15, -0.1) is 0 Å². The van der Waals surface area contributed by atoms with Gasteiger partial charge in [0, 0.05) is 54.8 Å². The van der Waals surface area contributed by atoms with Crippen LogP contribution >= 0.6 is 0 Å². The van der Waals surface area contributed by atoms with E-state index in [2.05, 4.69) is 9.97 Å². The summed E-state index contributed by atoms with van der Waals surface area (Å²) in [4.78, 5) is 28.5. The van der Waals surface area contributed by atoms with E-state index in [1.165, 1.54) is 0 Å². The number of carbonyl (C=O) groups excluding carboxylic acids is 1. The first kappa shape index (κ1) is 20.8. The van der Waals surface area contributed by atoms with Crippen LogP contribution in [-0.2, 0) is 0 Å². The molecule has 2 aromatic heterocycles. The molecular weight excluding hydrogens is 392 g/mol. The topological polar surface area (TPSA) is 77.4 Å². The molecule has 31 heavy (non-hydrogen) atoms. The molecule has 1 saturated heterocycles. The predicted octanol–water partition coefficient (Wildman–Crippen LogP) is 3.88. The van der Waals surface area contributed by atoms with E-state index >= 15 is 0 Å². The van der Waals surface area contributed by atoms with Crippen molar-refractivity contribution in [1.29, 1.82) is 0 Å². The molecule has 0 saturated carbocycles. The molecule has 1 fully saturated rings. The van der Waals surface area contributed by atoms with E-state index in [9.17, 15) is 4.79 Å². The summed E-state index contributed by atoms with van der Waals surface area (Å²) in [6, 6.07) is 9.20. The third-order valence-electron chi connectivity index (χ3n) is 5.62. The van der Waals surface area contributed by atoms with Crippen molar-refractivity contribution in [2.75, 3.05) is 27.3 Å². The lowest BCUT2D eigenvalue weighted by Gasteiger charge is -2.33. The Morgan fingerprint density at radius 2 is 1.81 bits per heavy atom. The van der Waals surface area contributed by atoms with Gasteiger partial charge >= 0.3 is 0 Å². The minimum Gasteiger partial charge on any atom is -0.497 e. The third kappa shape index (κ3) is 4.50. The maximum Gasteiger partial charge on any atom is 0.254 e. The Morgan fingerprint density at radius 1 is 1.10 bits per heavy atom. The number of carbonyl (C=O) groups is 1. The van der Waals surface area contributed by atoms with Gasteiger partial charge in [0.05, 0.1) is 19.9 Å². The van der Waals surface area contributed by atoms with Gasteiger partial charge in [-0.3, -0.25) is 9.78 Å². The van der Waals surface area contributed by atoms with Crippen molar-refractivity contribution in [3.63, 3.8) is 0 Å². The molecule has 0 radical (unpaired) electrons. The van der Waals surface area contributed by atoms with Crippen molar-refractivity contribution in [3.05, 3.63) is 66.0 Å². The summed E-state index contributed by atoms with van der Waals surface area (Å²) >= 11 is 0. The summed E-state index contributed by atoms with van der Waals surface area (Å²) in [7, 11) is 3.16. The first-order valence-corrected chi connectivity index (χ1v) is 10.4. The molecule has 4 rings (SSSR count). The Balaban J connectivity index is 1.63. The normalized spacial score (nSPS) is 16.1. The van der Waals surface area contributed by atoms with E-state index in [1.54, 1.807) is 44.8 Å². The van der Waals surface area contributed by atoms with Crippen molar-refractivity contribution < 1.29 is 14.3 Å². The van der Waals surface area contributed by atoms with Gasteiger partial charge in [-0.25, -0.2) is 9.97 Å².